The van der Waals surface area contributed by atoms with Crippen molar-refractivity contribution in [2.24, 2.45) is 0 Å². The van der Waals surface area contributed by atoms with Gasteiger partial charge in [-0.3, -0.25) is 4.79 Å². The molecule has 0 unspecified atom stereocenters. The summed E-state index contributed by atoms with van der Waals surface area (Å²) in [5.41, 5.74) is 1.38. The summed E-state index contributed by atoms with van der Waals surface area (Å²) in [4.78, 5) is 12.3. The summed E-state index contributed by atoms with van der Waals surface area (Å²) in [7, 11) is 3.09. The van der Waals surface area contributed by atoms with Gasteiger partial charge in [0, 0.05) is 5.56 Å². The van der Waals surface area contributed by atoms with Crippen molar-refractivity contribution in [2.45, 2.75) is 0 Å². The minimum Gasteiger partial charge on any atom is -0.504 e. The molecule has 0 atom stereocenters. The molecule has 3 aromatic carbocycles. The zero-order valence-corrected chi connectivity index (χ0v) is 14.0. The molecule has 4 nitrogen and oxygen atoms in total. The molecule has 0 heterocycles. The quantitative estimate of drug-likeness (QED) is 0.553. The highest BCUT2D eigenvalue weighted by molar-refractivity contribution is 6.07. The van der Waals surface area contributed by atoms with Crippen molar-refractivity contribution in [2.75, 3.05) is 14.2 Å². The van der Waals surface area contributed by atoms with Gasteiger partial charge < -0.3 is 14.6 Å². The van der Waals surface area contributed by atoms with Crippen LogP contribution in [0.1, 0.15) is 15.9 Å². The SMILES string of the molecule is COc1ccc2cc(/C=C/C(=O)c3ccc(O)c(OC)c3)ccc2c1. The van der Waals surface area contributed by atoms with Crippen LogP contribution in [0.25, 0.3) is 16.8 Å². The third kappa shape index (κ3) is 3.63. The maximum absolute atomic E-state index is 12.3. The van der Waals surface area contributed by atoms with Gasteiger partial charge in [0.1, 0.15) is 5.75 Å². The third-order valence-corrected chi connectivity index (χ3v) is 3.96. The lowest BCUT2D eigenvalue weighted by Crippen LogP contribution is -1.95. The average molecular weight is 334 g/mol. The van der Waals surface area contributed by atoms with E-state index in [4.69, 9.17) is 9.47 Å². The molecule has 0 fully saturated rings. The summed E-state index contributed by atoms with van der Waals surface area (Å²) < 4.78 is 10.3. The maximum Gasteiger partial charge on any atom is 0.185 e. The van der Waals surface area contributed by atoms with Gasteiger partial charge in [0.25, 0.3) is 0 Å². The monoisotopic (exact) mass is 334 g/mol. The highest BCUT2D eigenvalue weighted by atomic mass is 16.5. The minimum absolute atomic E-state index is 0.00740. The van der Waals surface area contributed by atoms with Crippen molar-refractivity contribution in [3.05, 3.63) is 71.8 Å². The number of ether oxygens (including phenoxy) is 2. The first-order valence-corrected chi connectivity index (χ1v) is 7.78. The van der Waals surface area contributed by atoms with Crippen LogP contribution in [-0.4, -0.2) is 25.1 Å². The Hall–Kier alpha value is -3.27. The van der Waals surface area contributed by atoms with Gasteiger partial charge in [-0.1, -0.05) is 24.3 Å². The number of fused-ring (bicyclic) bond motifs is 1. The lowest BCUT2D eigenvalue weighted by Gasteiger charge is -2.05. The van der Waals surface area contributed by atoms with E-state index in [9.17, 15) is 9.90 Å². The topological polar surface area (TPSA) is 55.8 Å². The molecule has 0 aromatic heterocycles. The van der Waals surface area contributed by atoms with E-state index in [1.165, 1.54) is 25.3 Å². The van der Waals surface area contributed by atoms with E-state index in [1.807, 2.05) is 36.4 Å². The van der Waals surface area contributed by atoms with Crippen LogP contribution in [0.3, 0.4) is 0 Å². The van der Waals surface area contributed by atoms with Crippen LogP contribution in [-0.2, 0) is 0 Å². The Balaban J connectivity index is 1.83. The van der Waals surface area contributed by atoms with E-state index in [-0.39, 0.29) is 17.3 Å². The molecule has 0 radical (unpaired) electrons. The van der Waals surface area contributed by atoms with Gasteiger partial charge in [-0.25, -0.2) is 0 Å². The Morgan fingerprint density at radius 2 is 1.68 bits per heavy atom. The molecule has 0 saturated carbocycles. The fourth-order valence-electron chi connectivity index (χ4n) is 2.57. The van der Waals surface area contributed by atoms with Crippen molar-refractivity contribution in [3.8, 4) is 17.2 Å². The standard InChI is InChI=1S/C21H18O4/c1-24-18-8-6-15-11-14(3-5-16(15)12-18)4-9-19(22)17-7-10-20(23)21(13-17)25-2/h3-13,23H,1-2H3/b9-4+. The van der Waals surface area contributed by atoms with Crippen LogP contribution in [0.2, 0.25) is 0 Å². The number of hydrogen-bond donors (Lipinski definition) is 1. The fraction of sp³-hybridized carbons (Fsp3) is 0.0952. The van der Waals surface area contributed by atoms with E-state index in [0.29, 0.717) is 5.56 Å². The Kier molecular flexibility index (Phi) is 4.70. The van der Waals surface area contributed by atoms with E-state index in [1.54, 1.807) is 19.3 Å². The molecule has 0 bridgehead atoms. The number of hydrogen-bond acceptors (Lipinski definition) is 4. The fourth-order valence-corrected chi connectivity index (χ4v) is 2.57. The van der Waals surface area contributed by atoms with Crippen molar-refractivity contribution >= 4 is 22.6 Å². The third-order valence-electron chi connectivity index (χ3n) is 3.96. The molecule has 0 aliphatic rings. The molecular formula is C21H18O4. The van der Waals surface area contributed by atoms with E-state index < -0.39 is 0 Å². The lowest BCUT2D eigenvalue weighted by atomic mass is 10.0. The average Bonchev–Trinajstić information content (AvgIpc) is 2.65. The summed E-state index contributed by atoms with van der Waals surface area (Å²) >= 11 is 0. The van der Waals surface area contributed by atoms with Crippen LogP contribution in [0, 0.1) is 0 Å². The first-order valence-electron chi connectivity index (χ1n) is 7.78. The van der Waals surface area contributed by atoms with Gasteiger partial charge in [0.2, 0.25) is 0 Å². The summed E-state index contributed by atoms with van der Waals surface area (Å²) in [6.07, 6.45) is 3.28. The normalized spacial score (nSPS) is 11.0. The predicted octanol–water partition coefficient (Wildman–Crippen LogP) is 4.46. The second-order valence-electron chi connectivity index (χ2n) is 5.56. The lowest BCUT2D eigenvalue weighted by molar-refractivity contribution is 0.104. The molecule has 4 heteroatoms. The Morgan fingerprint density at radius 3 is 2.44 bits per heavy atom. The maximum atomic E-state index is 12.3. The summed E-state index contributed by atoms with van der Waals surface area (Å²) in [5, 5.41) is 11.7. The molecule has 0 amide bonds. The molecule has 0 aliphatic carbocycles. The summed E-state index contributed by atoms with van der Waals surface area (Å²) in [6, 6.07) is 16.3. The number of carbonyl (C=O) groups excluding carboxylic acids is 1. The molecule has 3 rings (SSSR count). The second kappa shape index (κ2) is 7.09. The number of phenolic OH excluding ortho intramolecular Hbond substituents is 1. The number of rotatable bonds is 5. The Morgan fingerprint density at radius 1 is 0.920 bits per heavy atom. The molecule has 0 saturated heterocycles. The van der Waals surface area contributed by atoms with E-state index in [0.717, 1.165) is 22.1 Å². The molecule has 1 N–H and O–H groups in total. The van der Waals surface area contributed by atoms with Crippen LogP contribution >= 0.6 is 0 Å². The molecule has 126 valence electrons. The van der Waals surface area contributed by atoms with Crippen molar-refractivity contribution < 1.29 is 19.4 Å². The number of ketones is 1. The summed E-state index contributed by atoms with van der Waals surface area (Å²) in [6.45, 7) is 0. The van der Waals surface area contributed by atoms with Gasteiger partial charge in [-0.15, -0.1) is 0 Å². The number of methoxy groups -OCH3 is 2. The van der Waals surface area contributed by atoms with Gasteiger partial charge >= 0.3 is 0 Å². The molecule has 3 aromatic rings. The van der Waals surface area contributed by atoms with Crippen LogP contribution < -0.4 is 9.47 Å². The smallest absolute Gasteiger partial charge is 0.185 e. The number of phenols is 1. The van der Waals surface area contributed by atoms with E-state index >= 15 is 0 Å². The first-order chi connectivity index (χ1) is 12.1. The highest BCUT2D eigenvalue weighted by Gasteiger charge is 2.07. The molecule has 25 heavy (non-hydrogen) atoms. The van der Waals surface area contributed by atoms with Crippen molar-refractivity contribution in [3.63, 3.8) is 0 Å². The van der Waals surface area contributed by atoms with Crippen LogP contribution in [0.5, 0.6) is 17.2 Å². The van der Waals surface area contributed by atoms with E-state index in [2.05, 4.69) is 0 Å². The molecule has 0 aliphatic heterocycles. The number of allylic oxidation sites excluding steroid dienone is 1. The van der Waals surface area contributed by atoms with Gasteiger partial charge in [0.05, 0.1) is 14.2 Å². The van der Waals surface area contributed by atoms with Gasteiger partial charge in [0.15, 0.2) is 17.3 Å². The molecular weight excluding hydrogens is 316 g/mol. The second-order valence-corrected chi connectivity index (χ2v) is 5.56. The van der Waals surface area contributed by atoms with Crippen molar-refractivity contribution in [1.82, 2.24) is 0 Å². The number of aromatic hydroxyl groups is 1. The largest absolute Gasteiger partial charge is 0.504 e. The highest BCUT2D eigenvalue weighted by Crippen LogP contribution is 2.27. The zero-order chi connectivity index (χ0) is 17.8. The van der Waals surface area contributed by atoms with Crippen LogP contribution in [0.4, 0.5) is 0 Å². The van der Waals surface area contributed by atoms with Crippen LogP contribution in [0.15, 0.2) is 60.7 Å². The predicted molar refractivity (Wildman–Crippen MR) is 98.5 cm³/mol. The van der Waals surface area contributed by atoms with Gasteiger partial charge in [-0.05, 0) is 58.8 Å². The summed E-state index contributed by atoms with van der Waals surface area (Å²) in [5.74, 6) is 0.937. The van der Waals surface area contributed by atoms with Crippen molar-refractivity contribution in [1.29, 1.82) is 0 Å². The number of benzene rings is 3. The Labute approximate surface area is 145 Å². The van der Waals surface area contributed by atoms with Gasteiger partial charge in [-0.2, -0.15) is 0 Å². The molecule has 0 spiro atoms. The Bertz CT molecular complexity index is 957. The minimum atomic E-state index is -0.159. The first kappa shape index (κ1) is 16.6. The zero-order valence-electron chi connectivity index (χ0n) is 14.0. The number of carbonyl (C=O) groups is 1.